The highest BCUT2D eigenvalue weighted by atomic mass is 19.4. The van der Waals surface area contributed by atoms with Gasteiger partial charge in [-0.05, 0) is 54.6 Å². The second-order valence-corrected chi connectivity index (χ2v) is 7.20. The number of alkyl halides is 5. The molecule has 4 rings (SSSR count). The lowest BCUT2D eigenvalue weighted by molar-refractivity contribution is -0.137. The molecule has 0 radical (unpaired) electrons. The number of carbonyl (C=O) groups excluding carboxylic acids is 1. The van der Waals surface area contributed by atoms with Gasteiger partial charge in [0.25, 0.3) is 0 Å². The van der Waals surface area contributed by atoms with E-state index in [-0.39, 0.29) is 22.8 Å². The van der Waals surface area contributed by atoms with Crippen LogP contribution in [0.4, 0.5) is 40.9 Å². The largest absolute Gasteiger partial charge is 0.416 e. The topological polar surface area (TPSA) is 56.0 Å². The molecule has 0 saturated carbocycles. The quantitative estimate of drug-likeness (QED) is 0.129. The molecule has 36 heavy (non-hydrogen) atoms. The van der Waals surface area contributed by atoms with Gasteiger partial charge in [0.2, 0.25) is 0 Å². The Morgan fingerprint density at radius 3 is 2.25 bits per heavy atom. The second-order valence-electron chi connectivity index (χ2n) is 7.20. The van der Waals surface area contributed by atoms with Crippen molar-refractivity contribution < 1.29 is 44.7 Å². The predicted octanol–water partition coefficient (Wildman–Crippen LogP) is 6.73. The third-order valence-corrected chi connectivity index (χ3v) is 4.90. The van der Waals surface area contributed by atoms with Crippen molar-refractivity contribution in [2.45, 2.75) is 12.8 Å². The summed E-state index contributed by atoms with van der Waals surface area (Å²) in [6.45, 7) is -3.59. The summed E-state index contributed by atoms with van der Waals surface area (Å²) in [5, 5.41) is 0. The van der Waals surface area contributed by atoms with Crippen LogP contribution in [0.2, 0.25) is 0 Å². The Labute approximate surface area is 196 Å². The van der Waals surface area contributed by atoms with Crippen molar-refractivity contribution in [1.82, 2.24) is 9.38 Å². The van der Waals surface area contributed by atoms with Crippen LogP contribution >= 0.6 is 0 Å². The Morgan fingerprint density at radius 2 is 1.64 bits per heavy atom. The molecule has 0 N–H and O–H groups in total. The standard InChI is InChI=1S/C23H11F8N3O2/c24-14-5-1-11(2-6-14)19(35)12-3-8-17-32-20(33-22(28)36-21(26)27)18(34(17)10-12)15-7-4-13(9-16(15)25)23(29,30)31/h1-10,21H/b33-22-. The predicted molar refractivity (Wildman–Crippen MR) is 111 cm³/mol. The van der Waals surface area contributed by atoms with Gasteiger partial charge in [-0.25, -0.2) is 13.8 Å². The summed E-state index contributed by atoms with van der Waals surface area (Å²) in [5.74, 6) is -3.32. The van der Waals surface area contributed by atoms with Gasteiger partial charge in [-0.15, -0.1) is 4.39 Å². The van der Waals surface area contributed by atoms with E-state index in [1.54, 1.807) is 0 Å². The molecule has 0 aliphatic rings. The normalized spacial score (nSPS) is 12.4. The van der Waals surface area contributed by atoms with Gasteiger partial charge >= 0.3 is 18.9 Å². The van der Waals surface area contributed by atoms with Crippen LogP contribution in [0.3, 0.4) is 0 Å². The first-order chi connectivity index (χ1) is 16.9. The van der Waals surface area contributed by atoms with Crippen molar-refractivity contribution in [3.63, 3.8) is 0 Å². The molecular weight excluding hydrogens is 502 g/mol. The fraction of sp³-hybridized carbons (Fsp3) is 0.0870. The van der Waals surface area contributed by atoms with Crippen LogP contribution in [0.1, 0.15) is 21.5 Å². The second kappa shape index (κ2) is 9.40. The maximum absolute atomic E-state index is 14.8. The van der Waals surface area contributed by atoms with E-state index < -0.39 is 59.0 Å². The van der Waals surface area contributed by atoms with Crippen molar-refractivity contribution in [3.8, 4) is 11.3 Å². The number of carbonyl (C=O) groups is 1. The van der Waals surface area contributed by atoms with Gasteiger partial charge in [0.05, 0.1) is 5.56 Å². The monoisotopic (exact) mass is 513 g/mol. The van der Waals surface area contributed by atoms with Crippen LogP contribution in [0, 0.1) is 11.6 Å². The van der Waals surface area contributed by atoms with Crippen LogP contribution in [0.5, 0.6) is 0 Å². The number of pyridine rings is 1. The smallest absolute Gasteiger partial charge is 0.393 e. The van der Waals surface area contributed by atoms with E-state index >= 15 is 0 Å². The number of ether oxygens (including phenoxy) is 1. The Balaban J connectivity index is 1.91. The molecule has 2 aromatic carbocycles. The van der Waals surface area contributed by atoms with Gasteiger partial charge in [0.1, 0.15) is 23.0 Å². The summed E-state index contributed by atoms with van der Waals surface area (Å²) in [5.41, 5.74) is -2.36. The molecule has 0 fully saturated rings. The molecule has 0 bridgehead atoms. The van der Waals surface area contributed by atoms with Gasteiger partial charge in [-0.2, -0.15) is 26.9 Å². The molecule has 0 saturated heterocycles. The van der Waals surface area contributed by atoms with E-state index in [4.69, 9.17) is 0 Å². The van der Waals surface area contributed by atoms with Gasteiger partial charge in [-0.1, -0.05) is 0 Å². The first kappa shape index (κ1) is 24.8. The third kappa shape index (κ3) is 5.04. The highest BCUT2D eigenvalue weighted by molar-refractivity contribution is 6.09. The molecular formula is C23H11F8N3O2. The number of benzene rings is 2. The van der Waals surface area contributed by atoms with Gasteiger partial charge in [-0.3, -0.25) is 9.20 Å². The van der Waals surface area contributed by atoms with E-state index in [2.05, 4.69) is 14.7 Å². The number of fused-ring (bicyclic) bond motifs is 1. The van der Waals surface area contributed by atoms with Crippen molar-refractivity contribution in [1.29, 1.82) is 0 Å². The van der Waals surface area contributed by atoms with E-state index in [0.29, 0.717) is 6.07 Å². The minimum atomic E-state index is -4.87. The van der Waals surface area contributed by atoms with Crippen LogP contribution in [-0.2, 0) is 10.9 Å². The summed E-state index contributed by atoms with van der Waals surface area (Å²) in [7, 11) is 0. The van der Waals surface area contributed by atoms with Gasteiger partial charge < -0.3 is 4.74 Å². The zero-order valence-corrected chi connectivity index (χ0v) is 17.5. The number of ketones is 1. The van der Waals surface area contributed by atoms with Crippen LogP contribution in [0.25, 0.3) is 16.9 Å². The number of halogens is 8. The molecule has 0 aliphatic carbocycles. The number of nitrogens with zero attached hydrogens (tertiary/aromatic N) is 3. The lowest BCUT2D eigenvalue weighted by atomic mass is 10.0. The van der Waals surface area contributed by atoms with Crippen molar-refractivity contribution in [3.05, 3.63) is 89.1 Å². The molecule has 186 valence electrons. The molecule has 4 aromatic rings. The van der Waals surface area contributed by atoms with Crippen molar-refractivity contribution in [2.75, 3.05) is 0 Å². The number of hydrogen-bond acceptors (Lipinski definition) is 4. The third-order valence-electron chi connectivity index (χ3n) is 4.90. The molecule has 0 spiro atoms. The summed E-state index contributed by atoms with van der Waals surface area (Å²) in [6, 6.07) is 8.47. The average Bonchev–Trinajstić information content (AvgIpc) is 3.14. The number of aromatic nitrogens is 2. The number of imidazole rings is 1. The minimum Gasteiger partial charge on any atom is -0.393 e. The van der Waals surface area contributed by atoms with Crippen molar-refractivity contribution in [2.24, 2.45) is 4.99 Å². The fourth-order valence-corrected chi connectivity index (χ4v) is 3.33. The Bertz CT molecular complexity index is 1480. The molecule has 0 aliphatic heterocycles. The first-order valence-electron chi connectivity index (χ1n) is 9.82. The van der Waals surface area contributed by atoms with Crippen molar-refractivity contribution >= 4 is 23.4 Å². The highest BCUT2D eigenvalue weighted by Crippen LogP contribution is 2.37. The van der Waals surface area contributed by atoms with E-state index in [9.17, 15) is 39.9 Å². The van der Waals surface area contributed by atoms with E-state index in [1.807, 2.05) is 0 Å². The van der Waals surface area contributed by atoms with Gasteiger partial charge in [0.15, 0.2) is 11.6 Å². The molecule has 2 heterocycles. The minimum absolute atomic E-state index is 0.0418. The summed E-state index contributed by atoms with van der Waals surface area (Å²) in [4.78, 5) is 19.9. The first-order valence-corrected chi connectivity index (χ1v) is 9.82. The molecule has 13 heteroatoms. The lowest BCUT2D eigenvalue weighted by Crippen LogP contribution is -2.06. The fourth-order valence-electron chi connectivity index (χ4n) is 3.33. The molecule has 5 nitrogen and oxygen atoms in total. The van der Waals surface area contributed by atoms with E-state index in [1.165, 1.54) is 24.3 Å². The summed E-state index contributed by atoms with van der Waals surface area (Å²) >= 11 is 0. The summed E-state index contributed by atoms with van der Waals surface area (Å²) in [6.07, 6.45) is -5.79. The maximum atomic E-state index is 14.8. The highest BCUT2D eigenvalue weighted by Gasteiger charge is 2.32. The van der Waals surface area contributed by atoms with Gasteiger partial charge in [0, 0.05) is 22.9 Å². The lowest BCUT2D eigenvalue weighted by Gasteiger charge is -2.10. The number of hydrogen-bond donors (Lipinski definition) is 0. The molecule has 2 aromatic heterocycles. The number of aliphatic imine (C=N–C) groups is 1. The van der Waals surface area contributed by atoms with Crippen LogP contribution in [-0.4, -0.2) is 27.9 Å². The number of rotatable bonds is 5. The Hall–Kier alpha value is -4.29. The molecule has 0 amide bonds. The zero-order valence-electron chi connectivity index (χ0n) is 17.5. The summed E-state index contributed by atoms with van der Waals surface area (Å²) < 4.78 is 110. The average molecular weight is 513 g/mol. The Kier molecular flexibility index (Phi) is 6.48. The van der Waals surface area contributed by atoms with Crippen LogP contribution < -0.4 is 0 Å². The maximum Gasteiger partial charge on any atom is 0.416 e. The van der Waals surface area contributed by atoms with Crippen LogP contribution in [0.15, 0.2) is 65.8 Å². The zero-order chi connectivity index (χ0) is 26.2. The SMILES string of the molecule is O=C(c1ccc(F)cc1)c1ccc2nc(/N=C(/F)OC(F)F)c(-c3ccc(C(F)(F)F)cc3F)n2c1. The molecule has 0 unspecified atom stereocenters. The van der Waals surface area contributed by atoms with E-state index in [0.717, 1.165) is 28.8 Å². The molecule has 0 atom stereocenters. The Morgan fingerprint density at radius 1 is 0.972 bits per heavy atom.